The first-order valence-corrected chi connectivity index (χ1v) is 12.4. The Bertz CT molecular complexity index is 1260. The Morgan fingerprint density at radius 3 is 1.69 bits per heavy atom. The van der Waals surface area contributed by atoms with Crippen molar-refractivity contribution >= 4 is 31.6 Å². The molecule has 0 aliphatic rings. The maximum Gasteiger partial charge on any atom is 0.297 e. The smallest absolute Gasteiger partial charge is 0.297 e. The number of aliphatic hydroxyl groups is 2. The van der Waals surface area contributed by atoms with Crippen LogP contribution in [0.15, 0.2) is 58.3 Å². The van der Waals surface area contributed by atoms with E-state index in [-0.39, 0.29) is 0 Å². The fourth-order valence-electron chi connectivity index (χ4n) is 2.42. The van der Waals surface area contributed by atoms with Gasteiger partial charge in [-0.15, -0.1) is 0 Å². The number of non-ortho nitro benzene ring substituents is 2. The average molecular weight is 536 g/mol. The van der Waals surface area contributed by atoms with Gasteiger partial charge in [-0.1, -0.05) is 12.1 Å². The van der Waals surface area contributed by atoms with Gasteiger partial charge in [0.25, 0.3) is 31.6 Å². The normalized spacial score (nSPS) is 13.8. The van der Waals surface area contributed by atoms with Crippen molar-refractivity contribution < 1.29 is 50.0 Å². The Morgan fingerprint density at radius 2 is 1.26 bits per heavy atom. The molecule has 2 atom stereocenters. The summed E-state index contributed by atoms with van der Waals surface area (Å²) in [6.45, 7) is -2.88. The predicted molar refractivity (Wildman–Crippen MR) is 115 cm³/mol. The summed E-state index contributed by atoms with van der Waals surface area (Å²) in [5.41, 5.74) is -0.961. The van der Waals surface area contributed by atoms with E-state index in [1.54, 1.807) is 0 Å². The van der Waals surface area contributed by atoms with Crippen LogP contribution in [0.1, 0.15) is 0 Å². The van der Waals surface area contributed by atoms with E-state index >= 15 is 0 Å². The Balaban J connectivity index is 1.89. The van der Waals surface area contributed by atoms with Crippen molar-refractivity contribution in [3.63, 3.8) is 0 Å². The van der Waals surface area contributed by atoms with Gasteiger partial charge < -0.3 is 14.9 Å². The quantitative estimate of drug-likeness (QED) is 0.189. The third kappa shape index (κ3) is 8.28. The maximum absolute atomic E-state index is 12.2. The van der Waals surface area contributed by atoms with Crippen molar-refractivity contribution in [3.8, 4) is 0 Å². The van der Waals surface area contributed by atoms with E-state index in [0.717, 1.165) is 48.5 Å². The number of benzene rings is 2. The summed E-state index contributed by atoms with van der Waals surface area (Å²) in [4.78, 5) is 19.0. The Hall–Kier alpha value is -3.06. The summed E-state index contributed by atoms with van der Waals surface area (Å²) in [6, 6.07) is 8.14. The average Bonchev–Trinajstić information content (AvgIpc) is 2.83. The number of nitrogens with zero attached hydrogens (tertiary/aromatic N) is 2. The zero-order chi connectivity index (χ0) is 26.2. The van der Waals surface area contributed by atoms with Gasteiger partial charge in [-0.3, -0.25) is 28.6 Å². The minimum atomic E-state index is -4.45. The molecule has 0 aliphatic heterocycles. The minimum absolute atomic E-state index is 0.479. The van der Waals surface area contributed by atoms with E-state index in [2.05, 4.69) is 4.18 Å². The van der Waals surface area contributed by atoms with Crippen LogP contribution in [0, 0.1) is 20.2 Å². The van der Waals surface area contributed by atoms with Crippen LogP contribution in [0.5, 0.6) is 0 Å². The number of nitro groups is 2. The molecule has 0 aliphatic carbocycles. The van der Waals surface area contributed by atoms with Crippen LogP contribution >= 0.6 is 0 Å². The Morgan fingerprint density at radius 1 is 0.800 bits per heavy atom. The molecule has 17 heteroatoms. The molecule has 0 saturated carbocycles. The topological polar surface area (TPSA) is 223 Å². The van der Waals surface area contributed by atoms with Crippen LogP contribution in [0.4, 0.5) is 11.4 Å². The molecule has 0 aromatic heterocycles. The molecule has 0 spiro atoms. The first-order chi connectivity index (χ1) is 16.4. The molecule has 0 fully saturated rings. The van der Waals surface area contributed by atoms with E-state index in [1.807, 2.05) is 0 Å². The van der Waals surface area contributed by atoms with E-state index in [4.69, 9.17) is 8.92 Å². The van der Waals surface area contributed by atoms with Gasteiger partial charge >= 0.3 is 0 Å². The van der Waals surface area contributed by atoms with Crippen LogP contribution in [-0.4, -0.2) is 75.5 Å². The van der Waals surface area contributed by atoms with Crippen LogP contribution in [-0.2, 0) is 33.3 Å². The molecule has 2 rings (SSSR count). The number of hydrogen-bond acceptors (Lipinski definition) is 13. The number of hydrogen-bond donors (Lipinski definition) is 2. The number of ether oxygens (including phenoxy) is 1. The molecule has 0 saturated heterocycles. The van der Waals surface area contributed by atoms with E-state index in [9.17, 15) is 47.3 Å². The highest BCUT2D eigenvalue weighted by Gasteiger charge is 2.23. The van der Waals surface area contributed by atoms with Crippen LogP contribution in [0.25, 0.3) is 0 Å². The van der Waals surface area contributed by atoms with Crippen molar-refractivity contribution in [2.75, 3.05) is 26.4 Å². The largest absolute Gasteiger partial charge is 0.394 e. The molecule has 0 amide bonds. The lowest BCUT2D eigenvalue weighted by Crippen LogP contribution is -2.31. The molecule has 0 bridgehead atoms. The van der Waals surface area contributed by atoms with Crippen molar-refractivity contribution in [2.45, 2.75) is 22.0 Å². The highest BCUT2D eigenvalue weighted by Crippen LogP contribution is 2.20. The van der Waals surface area contributed by atoms with Crippen molar-refractivity contribution in [1.29, 1.82) is 0 Å². The van der Waals surface area contributed by atoms with Crippen molar-refractivity contribution in [2.24, 2.45) is 0 Å². The molecule has 15 nitrogen and oxygen atoms in total. The molecular weight excluding hydrogens is 516 g/mol. The van der Waals surface area contributed by atoms with E-state index in [0.29, 0.717) is 0 Å². The predicted octanol–water partition coefficient (Wildman–Crippen LogP) is 0.352. The highest BCUT2D eigenvalue weighted by molar-refractivity contribution is 7.87. The van der Waals surface area contributed by atoms with E-state index < -0.39 is 89.9 Å². The summed E-state index contributed by atoms with van der Waals surface area (Å²) in [5.74, 6) is 0. The monoisotopic (exact) mass is 536 g/mol. The standard InChI is InChI=1S/C18H20N2O13S2/c21-9-16(12-33-35(29,30)18-6-2-4-14(8-18)20(25)26)31-10-15(22)11-32-34(27,28)17-5-1-3-13(7-17)19(23)24/h1-8,15-16,21-22H,9-12H2. The lowest BCUT2D eigenvalue weighted by molar-refractivity contribution is -0.385. The van der Waals surface area contributed by atoms with Crippen LogP contribution in [0.3, 0.4) is 0 Å². The third-order valence-corrected chi connectivity index (χ3v) is 6.74. The van der Waals surface area contributed by atoms with Gasteiger partial charge in [0.15, 0.2) is 0 Å². The fraction of sp³-hybridized carbons (Fsp3) is 0.333. The number of rotatable bonds is 14. The van der Waals surface area contributed by atoms with Crippen LogP contribution in [0.2, 0.25) is 0 Å². The zero-order valence-electron chi connectivity index (χ0n) is 17.7. The molecule has 0 heterocycles. The van der Waals surface area contributed by atoms with Gasteiger partial charge in [-0.25, -0.2) is 0 Å². The van der Waals surface area contributed by atoms with Gasteiger partial charge in [-0.05, 0) is 12.1 Å². The zero-order valence-corrected chi connectivity index (χ0v) is 19.3. The second-order valence-corrected chi connectivity index (χ2v) is 10.0. The number of nitro benzene ring substituents is 2. The van der Waals surface area contributed by atoms with Gasteiger partial charge in [0.2, 0.25) is 0 Å². The molecule has 2 N–H and O–H groups in total. The summed E-state index contributed by atoms with van der Waals surface area (Å²) < 4.78 is 63.2. The van der Waals surface area contributed by atoms with Crippen molar-refractivity contribution in [1.82, 2.24) is 0 Å². The summed E-state index contributed by atoms with van der Waals surface area (Å²) in [5, 5.41) is 40.8. The SMILES string of the molecule is O=[N+]([O-])c1cccc(S(=O)(=O)OCC(O)COC(CO)COS(=O)(=O)c2cccc([N+](=O)[O-])c2)c1. The number of aliphatic hydroxyl groups excluding tert-OH is 2. The van der Waals surface area contributed by atoms with E-state index in [1.165, 1.54) is 0 Å². The lowest BCUT2D eigenvalue weighted by Gasteiger charge is -2.18. The second kappa shape index (κ2) is 12.1. The maximum atomic E-state index is 12.2. The van der Waals surface area contributed by atoms with Crippen molar-refractivity contribution in [3.05, 3.63) is 68.8 Å². The summed E-state index contributed by atoms with van der Waals surface area (Å²) >= 11 is 0. The minimum Gasteiger partial charge on any atom is -0.394 e. The lowest BCUT2D eigenvalue weighted by atomic mass is 10.3. The molecule has 0 radical (unpaired) electrons. The first-order valence-electron chi connectivity index (χ1n) is 9.54. The summed E-state index contributed by atoms with van der Waals surface area (Å²) in [7, 11) is -8.89. The molecule has 2 aromatic carbocycles. The molecular formula is C18H20N2O13S2. The molecule has 2 aromatic rings. The summed E-state index contributed by atoms with van der Waals surface area (Å²) in [6.07, 6.45) is -2.82. The van der Waals surface area contributed by atoms with Gasteiger partial charge in [0, 0.05) is 24.3 Å². The molecule has 192 valence electrons. The second-order valence-electron chi connectivity index (χ2n) is 6.78. The molecule has 35 heavy (non-hydrogen) atoms. The Kier molecular flexibility index (Phi) is 9.72. The van der Waals surface area contributed by atoms with Gasteiger partial charge in [-0.2, -0.15) is 16.8 Å². The van der Waals surface area contributed by atoms with Gasteiger partial charge in [0.05, 0.1) is 36.3 Å². The fourth-order valence-corrected chi connectivity index (χ4v) is 4.38. The molecule has 2 unspecified atom stereocenters. The van der Waals surface area contributed by atoms with Crippen LogP contribution < -0.4 is 0 Å². The highest BCUT2D eigenvalue weighted by atomic mass is 32.2. The first kappa shape index (κ1) is 28.2. The third-order valence-electron chi connectivity index (χ3n) is 4.19. The Labute approximate surface area is 199 Å². The van der Waals surface area contributed by atoms with Gasteiger partial charge in [0.1, 0.15) is 22.0 Å².